The van der Waals surface area contributed by atoms with E-state index >= 15 is 0 Å². The van der Waals surface area contributed by atoms with Gasteiger partial charge in [-0.1, -0.05) is 18.2 Å². The molecule has 1 aliphatic carbocycles. The van der Waals surface area contributed by atoms with Gasteiger partial charge in [0.2, 0.25) is 5.91 Å². The third-order valence-electron chi connectivity index (χ3n) is 5.97. The van der Waals surface area contributed by atoms with Crippen molar-refractivity contribution in [2.24, 2.45) is 0 Å². The van der Waals surface area contributed by atoms with Crippen molar-refractivity contribution in [3.05, 3.63) is 58.9 Å². The lowest BCUT2D eigenvalue weighted by Crippen LogP contribution is -2.37. The van der Waals surface area contributed by atoms with Gasteiger partial charge in [-0.3, -0.25) is 4.79 Å². The number of morpholine rings is 1. The Morgan fingerprint density at radius 2 is 1.93 bits per heavy atom. The zero-order valence-corrected chi connectivity index (χ0v) is 17.7. The maximum absolute atomic E-state index is 12.8. The van der Waals surface area contributed by atoms with Crippen molar-refractivity contribution in [1.29, 1.82) is 0 Å². The molecule has 1 saturated carbocycles. The number of benzene rings is 1. The lowest BCUT2D eigenvalue weighted by Gasteiger charge is -2.31. The Kier molecular flexibility index (Phi) is 5.76. The Morgan fingerprint density at radius 3 is 2.66 bits per heavy atom. The number of nitrogens with zero attached hydrogens (tertiary/aromatic N) is 3. The highest BCUT2D eigenvalue weighted by molar-refractivity contribution is 5.91. The monoisotopic (exact) mass is 393 g/mol. The second kappa shape index (κ2) is 8.46. The molecule has 2 fully saturated rings. The van der Waals surface area contributed by atoms with Crippen molar-refractivity contribution < 1.29 is 9.53 Å². The molecule has 2 heterocycles. The normalized spacial score (nSPS) is 17.1. The van der Waals surface area contributed by atoms with E-state index in [2.05, 4.69) is 47.6 Å². The molecule has 2 aliphatic rings. The highest BCUT2D eigenvalue weighted by Gasteiger charge is 2.26. The van der Waals surface area contributed by atoms with E-state index in [-0.39, 0.29) is 5.91 Å². The third-order valence-corrected chi connectivity index (χ3v) is 5.97. The fraction of sp³-hybridized carbons (Fsp3) is 0.458. The van der Waals surface area contributed by atoms with Crippen LogP contribution in [0.5, 0.6) is 0 Å². The first-order chi connectivity index (χ1) is 14.0. The van der Waals surface area contributed by atoms with Gasteiger partial charge in [-0.05, 0) is 56.0 Å². The Hall–Kier alpha value is -2.53. The van der Waals surface area contributed by atoms with Gasteiger partial charge in [0, 0.05) is 55.9 Å². The topological polar surface area (TPSA) is 37.7 Å². The van der Waals surface area contributed by atoms with Gasteiger partial charge in [0.15, 0.2) is 0 Å². The molecule has 0 bridgehead atoms. The molecule has 1 amide bonds. The minimum absolute atomic E-state index is 0.0259. The number of para-hydroxylation sites is 1. The fourth-order valence-corrected chi connectivity index (χ4v) is 4.24. The number of carbonyl (C=O) groups is 1. The number of aromatic nitrogens is 1. The van der Waals surface area contributed by atoms with Gasteiger partial charge in [-0.15, -0.1) is 0 Å². The standard InChI is InChI=1S/C24H31N3O2/c1-18-16-20(19(2)27(18)22-9-10-22)8-11-24(28)25(3)17-21-6-4-5-7-23(21)26-12-14-29-15-13-26/h4-8,11,16,22H,9-10,12-15,17H2,1-3H3. The van der Waals surface area contributed by atoms with Gasteiger partial charge < -0.3 is 19.1 Å². The molecule has 1 aromatic carbocycles. The molecule has 2 aromatic rings. The van der Waals surface area contributed by atoms with E-state index in [1.165, 1.54) is 35.5 Å². The Balaban J connectivity index is 1.44. The number of rotatable bonds is 6. The number of amides is 1. The predicted molar refractivity (Wildman–Crippen MR) is 117 cm³/mol. The van der Waals surface area contributed by atoms with Crippen molar-refractivity contribution in [2.45, 2.75) is 39.3 Å². The van der Waals surface area contributed by atoms with Crippen molar-refractivity contribution in [3.63, 3.8) is 0 Å². The van der Waals surface area contributed by atoms with E-state index in [4.69, 9.17) is 4.74 Å². The maximum atomic E-state index is 12.8. The number of hydrogen-bond acceptors (Lipinski definition) is 3. The van der Waals surface area contributed by atoms with Crippen molar-refractivity contribution >= 4 is 17.7 Å². The fourth-order valence-electron chi connectivity index (χ4n) is 4.24. The van der Waals surface area contributed by atoms with Crippen LogP contribution in [-0.4, -0.2) is 48.7 Å². The first kappa shape index (κ1) is 19.8. The predicted octanol–water partition coefficient (Wildman–Crippen LogP) is 3.95. The van der Waals surface area contributed by atoms with E-state index in [9.17, 15) is 4.79 Å². The molecule has 0 atom stereocenters. The minimum Gasteiger partial charge on any atom is -0.378 e. The summed E-state index contributed by atoms with van der Waals surface area (Å²) in [5, 5.41) is 0. The van der Waals surface area contributed by atoms with E-state index in [1.54, 1.807) is 11.0 Å². The van der Waals surface area contributed by atoms with E-state index in [1.807, 2.05) is 19.2 Å². The quantitative estimate of drug-likeness (QED) is 0.698. The maximum Gasteiger partial charge on any atom is 0.246 e. The van der Waals surface area contributed by atoms with Crippen LogP contribution >= 0.6 is 0 Å². The van der Waals surface area contributed by atoms with Gasteiger partial charge in [0.05, 0.1) is 13.2 Å². The Morgan fingerprint density at radius 1 is 1.21 bits per heavy atom. The molecular weight excluding hydrogens is 362 g/mol. The molecule has 154 valence electrons. The van der Waals surface area contributed by atoms with Crippen LogP contribution in [0.3, 0.4) is 0 Å². The molecule has 0 spiro atoms. The first-order valence-electron chi connectivity index (χ1n) is 10.6. The molecule has 0 radical (unpaired) electrons. The Bertz CT molecular complexity index is 905. The van der Waals surface area contributed by atoms with Crippen molar-refractivity contribution in [2.75, 3.05) is 38.3 Å². The van der Waals surface area contributed by atoms with Crippen LogP contribution in [0.25, 0.3) is 6.08 Å². The highest BCUT2D eigenvalue weighted by atomic mass is 16.5. The summed E-state index contributed by atoms with van der Waals surface area (Å²) in [6.07, 6.45) is 6.21. The molecule has 1 aromatic heterocycles. The number of hydrogen-bond donors (Lipinski definition) is 0. The van der Waals surface area contributed by atoms with Crippen LogP contribution in [0.15, 0.2) is 36.4 Å². The summed E-state index contributed by atoms with van der Waals surface area (Å²) in [6, 6.07) is 11.2. The summed E-state index contributed by atoms with van der Waals surface area (Å²) in [5.41, 5.74) is 6.06. The van der Waals surface area contributed by atoms with Crippen molar-refractivity contribution in [1.82, 2.24) is 9.47 Å². The average Bonchev–Trinajstić information content (AvgIpc) is 3.52. The molecule has 29 heavy (non-hydrogen) atoms. The zero-order valence-electron chi connectivity index (χ0n) is 17.7. The molecule has 4 rings (SSSR count). The molecule has 0 N–H and O–H groups in total. The van der Waals surface area contributed by atoms with Crippen LogP contribution in [0.2, 0.25) is 0 Å². The zero-order chi connectivity index (χ0) is 20.4. The number of anilines is 1. The third kappa shape index (κ3) is 4.40. The summed E-state index contributed by atoms with van der Waals surface area (Å²) in [4.78, 5) is 16.9. The van der Waals surface area contributed by atoms with Crippen LogP contribution in [0.1, 0.15) is 41.4 Å². The van der Waals surface area contributed by atoms with Crippen LogP contribution in [-0.2, 0) is 16.1 Å². The highest BCUT2D eigenvalue weighted by Crippen LogP contribution is 2.38. The summed E-state index contributed by atoms with van der Waals surface area (Å²) < 4.78 is 7.88. The SMILES string of the molecule is Cc1cc(C=CC(=O)N(C)Cc2ccccc2N2CCOCC2)c(C)n1C1CC1. The molecular formula is C24H31N3O2. The average molecular weight is 394 g/mol. The molecule has 5 heteroatoms. The van der Waals surface area contributed by atoms with E-state index < -0.39 is 0 Å². The minimum atomic E-state index is 0.0259. The van der Waals surface area contributed by atoms with Crippen LogP contribution in [0.4, 0.5) is 5.69 Å². The van der Waals surface area contributed by atoms with Gasteiger partial charge >= 0.3 is 0 Å². The number of ether oxygens (including phenoxy) is 1. The Labute approximate surface area is 173 Å². The summed E-state index contributed by atoms with van der Waals surface area (Å²) in [5.74, 6) is 0.0259. The number of likely N-dealkylation sites (N-methyl/N-ethyl adjacent to an activating group) is 1. The van der Waals surface area contributed by atoms with E-state index in [0.29, 0.717) is 12.6 Å². The number of aryl methyl sites for hydroxylation is 1. The van der Waals surface area contributed by atoms with E-state index in [0.717, 1.165) is 31.9 Å². The lowest BCUT2D eigenvalue weighted by atomic mass is 10.1. The second-order valence-electron chi connectivity index (χ2n) is 8.18. The molecule has 1 saturated heterocycles. The smallest absolute Gasteiger partial charge is 0.246 e. The lowest BCUT2D eigenvalue weighted by molar-refractivity contribution is -0.125. The molecule has 0 unspecified atom stereocenters. The van der Waals surface area contributed by atoms with Gasteiger partial charge in [0.25, 0.3) is 0 Å². The summed E-state index contributed by atoms with van der Waals surface area (Å²) in [7, 11) is 1.87. The largest absolute Gasteiger partial charge is 0.378 e. The van der Waals surface area contributed by atoms with Crippen molar-refractivity contribution in [3.8, 4) is 0 Å². The summed E-state index contributed by atoms with van der Waals surface area (Å²) in [6.45, 7) is 8.20. The number of carbonyl (C=O) groups excluding carboxylic acids is 1. The molecule has 1 aliphatic heterocycles. The van der Waals surface area contributed by atoms with Gasteiger partial charge in [-0.2, -0.15) is 0 Å². The first-order valence-corrected chi connectivity index (χ1v) is 10.6. The van der Waals surface area contributed by atoms with Gasteiger partial charge in [0.1, 0.15) is 0 Å². The molecule has 5 nitrogen and oxygen atoms in total. The van der Waals surface area contributed by atoms with Crippen LogP contribution in [0, 0.1) is 13.8 Å². The second-order valence-corrected chi connectivity index (χ2v) is 8.18. The van der Waals surface area contributed by atoms with Gasteiger partial charge in [-0.25, -0.2) is 0 Å². The van der Waals surface area contributed by atoms with Crippen LogP contribution < -0.4 is 4.90 Å². The summed E-state index contributed by atoms with van der Waals surface area (Å²) >= 11 is 0.